The van der Waals surface area contributed by atoms with Crippen LogP contribution in [0.4, 0.5) is 0 Å². The van der Waals surface area contributed by atoms with Crippen molar-refractivity contribution in [2.75, 3.05) is 13.1 Å². The van der Waals surface area contributed by atoms with Crippen molar-refractivity contribution in [1.82, 2.24) is 14.2 Å². The van der Waals surface area contributed by atoms with Crippen molar-refractivity contribution >= 4 is 43.2 Å². The Balaban J connectivity index is 2.14. The molecular weight excluding hydrogens is 442 g/mol. The lowest BCUT2D eigenvalue weighted by atomic mass is 10.4. The fourth-order valence-electron chi connectivity index (χ4n) is 2.34. The second-order valence-electron chi connectivity index (χ2n) is 5.40. The summed E-state index contributed by atoms with van der Waals surface area (Å²) in [5.74, 6) is -0.367. The molecule has 26 heavy (non-hydrogen) atoms. The predicted octanol–water partition coefficient (Wildman–Crippen LogP) is 2.02. The Bertz CT molecular complexity index is 933. The maximum Gasteiger partial charge on any atom is 0.251 e. The topological polar surface area (TPSA) is 88.5 Å². The molecule has 0 saturated carbocycles. The summed E-state index contributed by atoms with van der Waals surface area (Å²) in [7, 11) is -3.69. The molecular formula is C16H20BrN3O4S2. The number of sulfonamides is 1. The highest BCUT2D eigenvalue weighted by Gasteiger charge is 2.22. The molecule has 142 valence electrons. The summed E-state index contributed by atoms with van der Waals surface area (Å²) >= 11 is 4.85. The SMILES string of the molecule is CCN(CC)S(=O)(=O)c1ccc(=O)n(CC(=O)NCc2ccc(Br)s2)c1. The average molecular weight is 462 g/mol. The van der Waals surface area contributed by atoms with Crippen LogP contribution in [0.2, 0.25) is 0 Å². The molecule has 0 saturated heterocycles. The van der Waals surface area contributed by atoms with Gasteiger partial charge in [-0.15, -0.1) is 11.3 Å². The summed E-state index contributed by atoms with van der Waals surface area (Å²) in [5, 5.41) is 2.72. The third kappa shape index (κ3) is 5.03. The minimum atomic E-state index is -3.69. The van der Waals surface area contributed by atoms with Crippen LogP contribution >= 0.6 is 27.3 Å². The summed E-state index contributed by atoms with van der Waals surface area (Å²) in [6.07, 6.45) is 1.22. The van der Waals surface area contributed by atoms with Gasteiger partial charge in [-0.1, -0.05) is 13.8 Å². The van der Waals surface area contributed by atoms with Crippen LogP contribution in [-0.4, -0.2) is 36.3 Å². The summed E-state index contributed by atoms with van der Waals surface area (Å²) in [5.41, 5.74) is -0.433. The Morgan fingerprint density at radius 3 is 2.50 bits per heavy atom. The minimum absolute atomic E-state index is 0.00390. The standard InChI is InChI=1S/C16H20BrN3O4S2/c1-3-20(4-2)26(23,24)13-6-8-16(22)19(10-13)11-15(21)18-9-12-5-7-14(17)25-12/h5-8,10H,3-4,9,11H2,1-2H3,(H,18,21). The fraction of sp³-hybridized carbons (Fsp3) is 0.375. The van der Waals surface area contributed by atoms with Crippen LogP contribution in [0.1, 0.15) is 18.7 Å². The van der Waals surface area contributed by atoms with Gasteiger partial charge in [-0.25, -0.2) is 8.42 Å². The van der Waals surface area contributed by atoms with Gasteiger partial charge < -0.3 is 9.88 Å². The van der Waals surface area contributed by atoms with E-state index in [1.807, 2.05) is 12.1 Å². The molecule has 2 aromatic heterocycles. The molecule has 10 heteroatoms. The van der Waals surface area contributed by atoms with Gasteiger partial charge in [0.2, 0.25) is 15.9 Å². The van der Waals surface area contributed by atoms with Crippen molar-refractivity contribution in [2.45, 2.75) is 31.8 Å². The molecule has 0 aromatic carbocycles. The van der Waals surface area contributed by atoms with Crippen LogP contribution in [0, 0.1) is 0 Å². The number of nitrogens with zero attached hydrogens (tertiary/aromatic N) is 2. The highest BCUT2D eigenvalue weighted by molar-refractivity contribution is 9.11. The number of carbonyl (C=O) groups is 1. The number of halogens is 1. The lowest BCUT2D eigenvalue weighted by Crippen LogP contribution is -2.34. The molecule has 0 aliphatic rings. The molecule has 0 aliphatic heterocycles. The highest BCUT2D eigenvalue weighted by Crippen LogP contribution is 2.21. The van der Waals surface area contributed by atoms with E-state index in [2.05, 4.69) is 21.2 Å². The van der Waals surface area contributed by atoms with Crippen molar-refractivity contribution in [3.8, 4) is 0 Å². The van der Waals surface area contributed by atoms with E-state index in [9.17, 15) is 18.0 Å². The second kappa shape index (κ2) is 8.94. The number of rotatable bonds is 8. The average Bonchev–Trinajstić information content (AvgIpc) is 3.01. The molecule has 0 unspecified atom stereocenters. The summed E-state index contributed by atoms with van der Waals surface area (Å²) in [6, 6.07) is 6.21. The lowest BCUT2D eigenvalue weighted by molar-refractivity contribution is -0.121. The lowest BCUT2D eigenvalue weighted by Gasteiger charge is -2.19. The summed E-state index contributed by atoms with van der Waals surface area (Å²) < 4.78 is 28.5. The van der Waals surface area contributed by atoms with E-state index in [0.29, 0.717) is 19.6 Å². The van der Waals surface area contributed by atoms with Crippen LogP contribution in [0.25, 0.3) is 0 Å². The maximum atomic E-state index is 12.6. The highest BCUT2D eigenvalue weighted by atomic mass is 79.9. The van der Waals surface area contributed by atoms with Gasteiger partial charge in [-0.05, 0) is 34.1 Å². The number of nitrogens with one attached hydrogen (secondary N) is 1. The zero-order valence-electron chi connectivity index (χ0n) is 14.4. The van der Waals surface area contributed by atoms with Crippen molar-refractivity contribution < 1.29 is 13.2 Å². The van der Waals surface area contributed by atoms with Gasteiger partial charge in [0.1, 0.15) is 6.54 Å². The molecule has 0 spiro atoms. The molecule has 7 nitrogen and oxygen atoms in total. The van der Waals surface area contributed by atoms with Crippen LogP contribution in [0.15, 0.2) is 43.9 Å². The van der Waals surface area contributed by atoms with Gasteiger partial charge in [-0.2, -0.15) is 4.31 Å². The van der Waals surface area contributed by atoms with E-state index in [0.717, 1.165) is 13.2 Å². The van der Waals surface area contributed by atoms with E-state index in [4.69, 9.17) is 0 Å². The Morgan fingerprint density at radius 1 is 1.23 bits per heavy atom. The largest absolute Gasteiger partial charge is 0.350 e. The van der Waals surface area contributed by atoms with Gasteiger partial charge in [0, 0.05) is 30.2 Å². The number of aromatic nitrogens is 1. The first kappa shape index (κ1) is 20.8. The second-order valence-corrected chi connectivity index (χ2v) is 9.89. The molecule has 0 bridgehead atoms. The zero-order chi connectivity index (χ0) is 19.3. The van der Waals surface area contributed by atoms with Crippen molar-refractivity contribution in [3.05, 3.63) is 49.5 Å². The van der Waals surface area contributed by atoms with E-state index >= 15 is 0 Å². The van der Waals surface area contributed by atoms with E-state index in [1.165, 1.54) is 34.0 Å². The van der Waals surface area contributed by atoms with Crippen molar-refractivity contribution in [3.63, 3.8) is 0 Å². The smallest absolute Gasteiger partial charge is 0.251 e. The number of hydrogen-bond acceptors (Lipinski definition) is 5. The molecule has 0 fully saturated rings. The molecule has 1 N–H and O–H groups in total. The van der Waals surface area contributed by atoms with Gasteiger partial charge in [0.25, 0.3) is 5.56 Å². The molecule has 0 radical (unpaired) electrons. The quantitative estimate of drug-likeness (QED) is 0.650. The number of amides is 1. The summed E-state index contributed by atoms with van der Waals surface area (Å²) in [4.78, 5) is 25.1. The van der Waals surface area contributed by atoms with Crippen molar-refractivity contribution in [2.24, 2.45) is 0 Å². The Kier molecular flexibility index (Phi) is 7.16. The molecule has 0 aliphatic carbocycles. The zero-order valence-corrected chi connectivity index (χ0v) is 17.7. The van der Waals surface area contributed by atoms with Gasteiger partial charge in [0.05, 0.1) is 15.2 Å². The fourth-order valence-corrected chi connectivity index (χ4v) is 5.24. The monoisotopic (exact) mass is 461 g/mol. The first-order valence-corrected chi connectivity index (χ1v) is 11.0. The summed E-state index contributed by atoms with van der Waals surface area (Å²) in [6.45, 7) is 4.25. The molecule has 2 rings (SSSR count). The number of carbonyl (C=O) groups excluding carboxylic acids is 1. The molecule has 2 heterocycles. The first-order chi connectivity index (χ1) is 12.3. The number of thiophene rings is 1. The van der Waals surface area contributed by atoms with E-state index in [1.54, 1.807) is 13.8 Å². The Hall–Kier alpha value is -1.49. The minimum Gasteiger partial charge on any atom is -0.350 e. The number of hydrogen-bond donors (Lipinski definition) is 1. The van der Waals surface area contributed by atoms with Crippen LogP contribution in [-0.2, 0) is 27.9 Å². The number of pyridine rings is 1. The maximum absolute atomic E-state index is 12.6. The Labute approximate surface area is 164 Å². The predicted molar refractivity (Wildman–Crippen MR) is 105 cm³/mol. The van der Waals surface area contributed by atoms with E-state index in [-0.39, 0.29) is 17.3 Å². The van der Waals surface area contributed by atoms with Gasteiger partial charge >= 0.3 is 0 Å². The van der Waals surface area contributed by atoms with E-state index < -0.39 is 15.6 Å². The molecule has 2 aromatic rings. The van der Waals surface area contributed by atoms with Crippen LogP contribution in [0.3, 0.4) is 0 Å². The molecule has 1 amide bonds. The Morgan fingerprint density at radius 2 is 1.92 bits per heavy atom. The van der Waals surface area contributed by atoms with Gasteiger partial charge in [0.15, 0.2) is 0 Å². The van der Waals surface area contributed by atoms with Crippen molar-refractivity contribution in [1.29, 1.82) is 0 Å². The first-order valence-electron chi connectivity index (χ1n) is 7.99. The van der Waals surface area contributed by atoms with Gasteiger partial charge in [-0.3, -0.25) is 9.59 Å². The normalized spacial score (nSPS) is 11.7. The third-order valence-corrected chi connectivity index (χ3v) is 7.36. The van der Waals surface area contributed by atoms with Crippen LogP contribution < -0.4 is 10.9 Å². The molecule has 0 atom stereocenters. The van der Waals surface area contributed by atoms with Crippen LogP contribution in [0.5, 0.6) is 0 Å². The third-order valence-electron chi connectivity index (χ3n) is 3.70.